The third kappa shape index (κ3) is 3.15. The van der Waals surface area contributed by atoms with E-state index in [1.807, 2.05) is 31.2 Å². The summed E-state index contributed by atoms with van der Waals surface area (Å²) in [6.45, 7) is 1.95. The van der Waals surface area contributed by atoms with Crippen molar-refractivity contribution in [1.29, 1.82) is 0 Å². The van der Waals surface area contributed by atoms with Gasteiger partial charge in [-0.15, -0.1) is 0 Å². The zero-order chi connectivity index (χ0) is 22.8. The normalized spacial score (nSPS) is 12.1. The van der Waals surface area contributed by atoms with E-state index >= 15 is 0 Å². The molecule has 2 aromatic heterocycles. The molecule has 5 aromatic rings. The van der Waals surface area contributed by atoms with Crippen LogP contribution in [-0.4, -0.2) is 26.7 Å². The van der Waals surface area contributed by atoms with E-state index in [-0.39, 0.29) is 0 Å². The minimum absolute atomic E-state index is 0.327. The Labute approximate surface area is 182 Å². The van der Waals surface area contributed by atoms with E-state index in [2.05, 4.69) is 4.98 Å². The number of rotatable bonds is 3. The van der Waals surface area contributed by atoms with Crippen LogP contribution in [0.4, 0.5) is 10.1 Å². The molecule has 32 heavy (non-hydrogen) atoms. The summed E-state index contributed by atoms with van der Waals surface area (Å²) in [6.07, 6.45) is 1.13. The summed E-state index contributed by atoms with van der Waals surface area (Å²) in [7, 11) is -2.09. The number of fused-ring (bicyclic) bond motifs is 5. The fourth-order valence-corrected chi connectivity index (χ4v) is 4.54. The number of aromatic amines is 1. The van der Waals surface area contributed by atoms with Gasteiger partial charge in [-0.3, -0.25) is 9.10 Å². The van der Waals surface area contributed by atoms with Gasteiger partial charge in [0.05, 0.1) is 22.8 Å². The molecule has 0 saturated heterocycles. The van der Waals surface area contributed by atoms with Crippen LogP contribution >= 0.6 is 0 Å². The van der Waals surface area contributed by atoms with E-state index in [9.17, 15) is 17.6 Å². The minimum atomic E-state index is -3.56. The molecule has 0 aliphatic rings. The van der Waals surface area contributed by atoms with Gasteiger partial charge in [-0.1, -0.05) is 29.8 Å². The van der Waals surface area contributed by atoms with Gasteiger partial charge in [0.1, 0.15) is 17.0 Å². The average molecular weight is 450 g/mol. The summed E-state index contributed by atoms with van der Waals surface area (Å²) in [4.78, 5) is 15.6. The minimum Gasteiger partial charge on any atom is -0.455 e. The molecule has 0 fully saturated rings. The van der Waals surface area contributed by atoms with Crippen LogP contribution in [0.25, 0.3) is 44.0 Å². The van der Waals surface area contributed by atoms with Crippen molar-refractivity contribution >= 4 is 48.6 Å². The van der Waals surface area contributed by atoms with Crippen molar-refractivity contribution in [2.45, 2.75) is 6.92 Å². The molecular weight excluding hydrogens is 431 g/mol. The number of sulfonamides is 1. The van der Waals surface area contributed by atoms with Crippen LogP contribution in [0.2, 0.25) is 0 Å². The van der Waals surface area contributed by atoms with Gasteiger partial charge in [0.25, 0.3) is 5.56 Å². The van der Waals surface area contributed by atoms with Crippen molar-refractivity contribution < 1.29 is 17.2 Å². The van der Waals surface area contributed by atoms with Crippen molar-refractivity contribution in [3.05, 3.63) is 76.3 Å². The number of furan rings is 1. The zero-order valence-corrected chi connectivity index (χ0v) is 18.4. The van der Waals surface area contributed by atoms with Gasteiger partial charge >= 0.3 is 0 Å². The van der Waals surface area contributed by atoms with E-state index in [0.29, 0.717) is 44.1 Å². The van der Waals surface area contributed by atoms with Crippen LogP contribution in [0.3, 0.4) is 0 Å². The van der Waals surface area contributed by atoms with Gasteiger partial charge in [-0.2, -0.15) is 0 Å². The van der Waals surface area contributed by atoms with Gasteiger partial charge in [0, 0.05) is 29.4 Å². The molecule has 2 heterocycles. The Morgan fingerprint density at radius 1 is 1.03 bits per heavy atom. The maximum Gasteiger partial charge on any atom is 0.260 e. The molecule has 6 nitrogen and oxygen atoms in total. The van der Waals surface area contributed by atoms with Crippen molar-refractivity contribution in [3.8, 4) is 11.1 Å². The number of H-pyrrole nitrogens is 1. The van der Waals surface area contributed by atoms with Gasteiger partial charge < -0.3 is 9.40 Å². The predicted molar refractivity (Wildman–Crippen MR) is 125 cm³/mol. The highest BCUT2D eigenvalue weighted by atomic mass is 32.2. The van der Waals surface area contributed by atoms with Crippen LogP contribution in [0.1, 0.15) is 5.56 Å². The van der Waals surface area contributed by atoms with E-state index in [0.717, 1.165) is 17.4 Å². The lowest BCUT2D eigenvalue weighted by Gasteiger charge is -2.20. The number of hydrogen-bond donors (Lipinski definition) is 1. The molecular formula is C24H19FN2O4S. The van der Waals surface area contributed by atoms with Crippen molar-refractivity contribution in [2.75, 3.05) is 17.6 Å². The smallest absolute Gasteiger partial charge is 0.260 e. The monoisotopic (exact) mass is 450 g/mol. The zero-order valence-electron chi connectivity index (χ0n) is 17.6. The molecule has 1 N–H and O–H groups in total. The summed E-state index contributed by atoms with van der Waals surface area (Å²) >= 11 is 0. The second-order valence-corrected chi connectivity index (χ2v) is 9.93. The van der Waals surface area contributed by atoms with E-state index < -0.39 is 21.4 Å². The largest absolute Gasteiger partial charge is 0.455 e. The molecule has 0 aliphatic heterocycles. The highest BCUT2D eigenvalue weighted by Crippen LogP contribution is 2.40. The quantitative estimate of drug-likeness (QED) is 0.422. The van der Waals surface area contributed by atoms with Crippen molar-refractivity contribution in [1.82, 2.24) is 4.98 Å². The first kappa shape index (κ1) is 20.3. The number of nitrogens with zero attached hydrogens (tertiary/aromatic N) is 1. The lowest BCUT2D eigenvalue weighted by molar-refractivity contribution is 0.600. The number of hydrogen-bond acceptors (Lipinski definition) is 4. The lowest BCUT2D eigenvalue weighted by atomic mass is 9.99. The highest BCUT2D eigenvalue weighted by molar-refractivity contribution is 7.92. The van der Waals surface area contributed by atoms with Crippen LogP contribution in [0.5, 0.6) is 0 Å². The molecule has 0 amide bonds. The highest BCUT2D eigenvalue weighted by Gasteiger charge is 2.22. The first-order valence-corrected chi connectivity index (χ1v) is 11.7. The molecule has 0 unspecified atom stereocenters. The van der Waals surface area contributed by atoms with Gasteiger partial charge in [-0.25, -0.2) is 12.8 Å². The Hall–Kier alpha value is -3.65. The molecule has 0 radical (unpaired) electrons. The number of nitrogens with one attached hydrogen (secondary N) is 1. The third-order valence-corrected chi connectivity index (χ3v) is 6.87. The number of aromatic nitrogens is 1. The summed E-state index contributed by atoms with van der Waals surface area (Å²) in [6, 6.07) is 15.2. The maximum atomic E-state index is 13.7. The van der Waals surface area contributed by atoms with Crippen LogP contribution in [0.15, 0.2) is 63.8 Å². The second kappa shape index (κ2) is 6.93. The predicted octanol–water partition coefficient (Wildman–Crippen LogP) is 4.94. The molecule has 3 aromatic carbocycles. The van der Waals surface area contributed by atoms with Crippen LogP contribution < -0.4 is 9.86 Å². The topological polar surface area (TPSA) is 83.4 Å². The number of aryl methyl sites for hydroxylation is 1. The molecule has 0 saturated carbocycles. The van der Waals surface area contributed by atoms with Crippen molar-refractivity contribution in [2.24, 2.45) is 0 Å². The number of anilines is 1. The van der Waals surface area contributed by atoms with Gasteiger partial charge in [-0.05, 0) is 36.8 Å². The molecule has 0 aliphatic carbocycles. The van der Waals surface area contributed by atoms with Crippen molar-refractivity contribution in [3.63, 3.8) is 0 Å². The Morgan fingerprint density at radius 3 is 2.53 bits per heavy atom. The standard InChI is InChI=1S/C24H19FN2O4S/c1-13-5-4-6-14(9-13)17-11-18-21(12-20(17)27(2)32(3,29)30)31-23-16-8-7-15(25)10-19(16)26-24(28)22(18)23/h4-12H,1-3H3,(H,26,28). The average Bonchev–Trinajstić information content (AvgIpc) is 3.10. The third-order valence-electron chi connectivity index (χ3n) is 5.67. The molecule has 0 atom stereocenters. The Morgan fingerprint density at radius 2 is 1.81 bits per heavy atom. The van der Waals surface area contributed by atoms with Crippen LogP contribution in [0, 0.1) is 12.7 Å². The first-order valence-electron chi connectivity index (χ1n) is 9.86. The maximum absolute atomic E-state index is 13.7. The SMILES string of the molecule is Cc1cccc(-c2cc3c(cc2N(C)S(C)(=O)=O)oc2c4ccc(F)cc4[nH]c(=O)c32)c1. The summed E-state index contributed by atoms with van der Waals surface area (Å²) in [5.74, 6) is -0.470. The molecule has 8 heteroatoms. The van der Waals surface area contributed by atoms with Crippen LogP contribution in [-0.2, 0) is 10.0 Å². The van der Waals surface area contributed by atoms with E-state index in [1.165, 1.54) is 23.5 Å². The fraction of sp³-hybridized carbons (Fsp3) is 0.125. The summed E-state index contributed by atoms with van der Waals surface area (Å²) in [5, 5.41) is 1.45. The summed E-state index contributed by atoms with van der Waals surface area (Å²) < 4.78 is 45.6. The first-order chi connectivity index (χ1) is 15.1. The lowest BCUT2D eigenvalue weighted by Crippen LogP contribution is -2.25. The Kier molecular flexibility index (Phi) is 4.39. The number of benzene rings is 3. The second-order valence-electron chi connectivity index (χ2n) is 7.92. The molecule has 0 spiro atoms. The van der Waals surface area contributed by atoms with Gasteiger partial charge in [0.2, 0.25) is 10.0 Å². The fourth-order valence-electron chi connectivity index (χ4n) is 4.03. The Balaban J connectivity index is 1.94. The molecule has 162 valence electrons. The molecule has 0 bridgehead atoms. The number of halogens is 1. The van der Waals surface area contributed by atoms with E-state index in [4.69, 9.17) is 4.42 Å². The molecule has 5 rings (SSSR count). The summed E-state index contributed by atoms with van der Waals surface area (Å²) in [5.41, 5.74) is 3.51. The van der Waals surface area contributed by atoms with E-state index in [1.54, 1.807) is 18.2 Å². The Bertz CT molecular complexity index is 1720. The number of pyridine rings is 1. The van der Waals surface area contributed by atoms with Gasteiger partial charge in [0.15, 0.2) is 0 Å².